The van der Waals surface area contributed by atoms with Crippen molar-refractivity contribution < 1.29 is 14.3 Å². The van der Waals surface area contributed by atoms with Crippen LogP contribution in [0.2, 0.25) is 0 Å². The van der Waals surface area contributed by atoms with Crippen LogP contribution in [0.3, 0.4) is 0 Å². The molecule has 1 aliphatic heterocycles. The Morgan fingerprint density at radius 1 is 0.939 bits per heavy atom. The van der Waals surface area contributed by atoms with Crippen LogP contribution in [0, 0.1) is 0 Å². The van der Waals surface area contributed by atoms with Crippen LogP contribution in [0.5, 0.6) is 11.5 Å². The van der Waals surface area contributed by atoms with Crippen molar-refractivity contribution in [1.82, 2.24) is 15.5 Å². The van der Waals surface area contributed by atoms with Gasteiger partial charge < -0.3 is 25.0 Å². The van der Waals surface area contributed by atoms with E-state index in [1.54, 1.807) is 14.2 Å². The molecule has 0 unspecified atom stereocenters. The highest BCUT2D eigenvalue weighted by atomic mass is 127. The highest BCUT2D eigenvalue weighted by Gasteiger charge is 2.17. The van der Waals surface area contributed by atoms with Crippen molar-refractivity contribution in [3.63, 3.8) is 0 Å². The van der Waals surface area contributed by atoms with E-state index in [0.29, 0.717) is 24.6 Å². The van der Waals surface area contributed by atoms with Gasteiger partial charge in [0, 0.05) is 31.7 Å². The summed E-state index contributed by atoms with van der Waals surface area (Å²) in [6.45, 7) is 5.67. The third-order valence-corrected chi connectivity index (χ3v) is 5.52. The summed E-state index contributed by atoms with van der Waals surface area (Å²) < 4.78 is 10.7. The highest BCUT2D eigenvalue weighted by Crippen LogP contribution is 2.27. The topological polar surface area (TPSA) is 75.2 Å². The first-order valence-electron chi connectivity index (χ1n) is 11.3. The van der Waals surface area contributed by atoms with Gasteiger partial charge in [-0.05, 0) is 61.6 Å². The van der Waals surface area contributed by atoms with E-state index >= 15 is 0 Å². The number of amides is 1. The van der Waals surface area contributed by atoms with Gasteiger partial charge in [-0.1, -0.05) is 18.2 Å². The summed E-state index contributed by atoms with van der Waals surface area (Å²) in [5, 5.41) is 6.63. The smallest absolute Gasteiger partial charge is 0.253 e. The maximum atomic E-state index is 12.6. The standard InChI is InChI=1S/C25H34N4O3.HI/c1-4-26-25(28-18-20-10-13-22(31-2)23(16-20)32-3)27-17-19-8-11-21(12-9-19)24(30)29-14-6-5-7-15-29;/h8-13,16H,4-7,14-15,17-18H2,1-3H3,(H2,26,27,28);1H. The first-order chi connectivity index (χ1) is 15.6. The SMILES string of the molecule is CCNC(=NCc1ccc(OC)c(OC)c1)NCc1ccc(C(=O)N2CCCCC2)cc1.I. The van der Waals surface area contributed by atoms with Gasteiger partial charge in [0.15, 0.2) is 17.5 Å². The second-order valence-electron chi connectivity index (χ2n) is 7.79. The lowest BCUT2D eigenvalue weighted by Crippen LogP contribution is -2.37. The lowest BCUT2D eigenvalue weighted by atomic mass is 10.1. The number of likely N-dealkylation sites (tertiary alicyclic amines) is 1. The Hall–Kier alpha value is -2.49. The van der Waals surface area contributed by atoms with Gasteiger partial charge in [0.25, 0.3) is 5.91 Å². The van der Waals surface area contributed by atoms with Crippen LogP contribution < -0.4 is 20.1 Å². The molecule has 1 fully saturated rings. The summed E-state index contributed by atoms with van der Waals surface area (Å²) in [5.74, 6) is 2.26. The fourth-order valence-electron chi connectivity index (χ4n) is 3.72. The monoisotopic (exact) mass is 566 g/mol. The minimum absolute atomic E-state index is 0. The summed E-state index contributed by atoms with van der Waals surface area (Å²) in [6.07, 6.45) is 3.42. The number of methoxy groups -OCH3 is 2. The number of halogens is 1. The zero-order valence-electron chi connectivity index (χ0n) is 19.7. The molecule has 0 aromatic heterocycles. The fourth-order valence-corrected chi connectivity index (χ4v) is 3.72. The third-order valence-electron chi connectivity index (χ3n) is 5.52. The number of carbonyl (C=O) groups excluding carboxylic acids is 1. The van der Waals surface area contributed by atoms with Crippen LogP contribution in [0.1, 0.15) is 47.7 Å². The van der Waals surface area contributed by atoms with Crippen LogP contribution in [-0.2, 0) is 13.1 Å². The average Bonchev–Trinajstić information content (AvgIpc) is 2.86. The number of hydrogen-bond donors (Lipinski definition) is 2. The molecule has 8 heteroatoms. The summed E-state index contributed by atoms with van der Waals surface area (Å²) in [5.41, 5.74) is 2.88. The van der Waals surface area contributed by atoms with Gasteiger partial charge >= 0.3 is 0 Å². The number of ether oxygens (including phenoxy) is 2. The van der Waals surface area contributed by atoms with E-state index in [9.17, 15) is 4.79 Å². The third kappa shape index (κ3) is 7.80. The van der Waals surface area contributed by atoms with Crippen molar-refractivity contribution in [2.24, 2.45) is 4.99 Å². The molecular weight excluding hydrogens is 531 g/mol. The van der Waals surface area contributed by atoms with Crippen molar-refractivity contribution in [2.75, 3.05) is 33.9 Å². The number of carbonyl (C=O) groups is 1. The van der Waals surface area contributed by atoms with E-state index in [1.165, 1.54) is 6.42 Å². The van der Waals surface area contributed by atoms with Crippen molar-refractivity contribution in [3.8, 4) is 11.5 Å². The number of benzene rings is 2. The van der Waals surface area contributed by atoms with Gasteiger partial charge in [-0.3, -0.25) is 4.79 Å². The fraction of sp³-hybridized carbons (Fsp3) is 0.440. The average molecular weight is 566 g/mol. The van der Waals surface area contributed by atoms with Gasteiger partial charge in [0.05, 0.1) is 20.8 Å². The minimum atomic E-state index is 0. The predicted octanol–water partition coefficient (Wildman–Crippen LogP) is 4.20. The number of aliphatic imine (C=N–C) groups is 1. The molecule has 33 heavy (non-hydrogen) atoms. The van der Waals surface area contributed by atoms with Crippen LogP contribution in [0.25, 0.3) is 0 Å². The molecule has 2 aromatic carbocycles. The Morgan fingerprint density at radius 2 is 1.61 bits per heavy atom. The summed E-state index contributed by atoms with van der Waals surface area (Å²) in [6, 6.07) is 13.6. The van der Waals surface area contributed by atoms with E-state index in [0.717, 1.165) is 55.1 Å². The lowest BCUT2D eigenvalue weighted by Gasteiger charge is -2.26. The molecule has 0 radical (unpaired) electrons. The molecule has 0 atom stereocenters. The molecule has 2 aromatic rings. The van der Waals surface area contributed by atoms with Crippen molar-refractivity contribution in [2.45, 2.75) is 39.3 Å². The van der Waals surface area contributed by atoms with Crippen LogP contribution >= 0.6 is 24.0 Å². The first-order valence-corrected chi connectivity index (χ1v) is 11.3. The van der Waals surface area contributed by atoms with E-state index in [-0.39, 0.29) is 29.9 Å². The normalized spacial score (nSPS) is 13.7. The zero-order valence-corrected chi connectivity index (χ0v) is 22.1. The number of guanidine groups is 1. The molecule has 0 spiro atoms. The maximum Gasteiger partial charge on any atom is 0.253 e. The summed E-state index contributed by atoms with van der Waals surface area (Å²) in [4.78, 5) is 19.3. The van der Waals surface area contributed by atoms with Crippen molar-refractivity contribution in [1.29, 1.82) is 0 Å². The molecule has 3 rings (SSSR count). The van der Waals surface area contributed by atoms with Gasteiger partial charge in [-0.25, -0.2) is 4.99 Å². The Morgan fingerprint density at radius 3 is 2.24 bits per heavy atom. The minimum Gasteiger partial charge on any atom is -0.493 e. The highest BCUT2D eigenvalue weighted by molar-refractivity contribution is 14.0. The predicted molar refractivity (Wildman–Crippen MR) is 143 cm³/mol. The van der Waals surface area contributed by atoms with Crippen LogP contribution in [0.4, 0.5) is 0 Å². The molecule has 180 valence electrons. The largest absolute Gasteiger partial charge is 0.493 e. The molecule has 1 amide bonds. The molecule has 0 bridgehead atoms. The molecule has 1 saturated heterocycles. The molecule has 2 N–H and O–H groups in total. The van der Waals surface area contributed by atoms with Gasteiger partial charge in [-0.2, -0.15) is 0 Å². The Bertz CT molecular complexity index is 912. The Balaban J connectivity index is 0.00000385. The van der Waals surface area contributed by atoms with Crippen LogP contribution in [-0.4, -0.2) is 50.6 Å². The van der Waals surface area contributed by atoms with E-state index in [1.807, 2.05) is 54.3 Å². The van der Waals surface area contributed by atoms with Crippen molar-refractivity contribution >= 4 is 35.8 Å². The van der Waals surface area contributed by atoms with Crippen LogP contribution in [0.15, 0.2) is 47.5 Å². The number of rotatable bonds is 8. The van der Waals surface area contributed by atoms with Gasteiger partial charge in [-0.15, -0.1) is 24.0 Å². The molecule has 7 nitrogen and oxygen atoms in total. The molecule has 0 aliphatic carbocycles. The van der Waals surface area contributed by atoms with Gasteiger partial charge in [0.1, 0.15) is 0 Å². The molecule has 1 heterocycles. The second-order valence-corrected chi connectivity index (χ2v) is 7.79. The summed E-state index contributed by atoms with van der Waals surface area (Å²) in [7, 11) is 3.25. The number of nitrogens with zero attached hydrogens (tertiary/aromatic N) is 2. The lowest BCUT2D eigenvalue weighted by molar-refractivity contribution is 0.0724. The van der Waals surface area contributed by atoms with E-state index < -0.39 is 0 Å². The Kier molecular flexibility index (Phi) is 11.3. The number of nitrogens with one attached hydrogen (secondary N) is 2. The quantitative estimate of drug-likeness (QED) is 0.285. The van der Waals surface area contributed by atoms with Gasteiger partial charge in [0.2, 0.25) is 0 Å². The van der Waals surface area contributed by atoms with E-state index in [4.69, 9.17) is 9.47 Å². The first kappa shape index (κ1) is 26.8. The van der Waals surface area contributed by atoms with E-state index in [2.05, 4.69) is 15.6 Å². The van der Waals surface area contributed by atoms with Crippen molar-refractivity contribution in [3.05, 3.63) is 59.2 Å². The Labute approximate surface area is 214 Å². The molecular formula is C25H35IN4O3. The zero-order chi connectivity index (χ0) is 22.8. The number of hydrogen-bond acceptors (Lipinski definition) is 4. The molecule has 0 saturated carbocycles. The summed E-state index contributed by atoms with van der Waals surface area (Å²) >= 11 is 0. The maximum absolute atomic E-state index is 12.6. The second kappa shape index (κ2) is 13.9. The molecule has 1 aliphatic rings. The number of piperidine rings is 1.